The number of rotatable bonds is 1. The van der Waals surface area contributed by atoms with Crippen LogP contribution in [-0.4, -0.2) is 36.3 Å². The fraction of sp³-hybridized carbons (Fsp3) is 0.333. The molecule has 1 aromatic rings. The molecule has 0 radical (unpaired) electrons. The zero-order valence-electron chi connectivity index (χ0n) is 9.58. The minimum absolute atomic E-state index is 0.0673. The van der Waals surface area contributed by atoms with Crippen LogP contribution in [0.4, 0.5) is 0 Å². The van der Waals surface area contributed by atoms with Crippen LogP contribution >= 0.6 is 23.2 Å². The van der Waals surface area contributed by atoms with Gasteiger partial charge in [0.15, 0.2) is 0 Å². The minimum atomic E-state index is -0.242. The Morgan fingerprint density at radius 1 is 1.33 bits per heavy atom. The highest BCUT2D eigenvalue weighted by atomic mass is 35.5. The van der Waals surface area contributed by atoms with Crippen molar-refractivity contribution in [1.29, 1.82) is 0 Å². The van der Waals surface area contributed by atoms with E-state index in [1.807, 2.05) is 0 Å². The molecule has 2 amide bonds. The predicted molar refractivity (Wildman–Crippen MR) is 70.0 cm³/mol. The topological polar surface area (TPSA) is 49.4 Å². The molecule has 1 N–H and O–H groups in total. The maximum atomic E-state index is 12.2. The summed E-state index contributed by atoms with van der Waals surface area (Å²) >= 11 is 11.8. The van der Waals surface area contributed by atoms with Crippen molar-refractivity contribution in [3.63, 3.8) is 0 Å². The highest BCUT2D eigenvalue weighted by Gasteiger charge is 2.22. The molecular weight excluding hydrogens is 275 g/mol. The van der Waals surface area contributed by atoms with E-state index < -0.39 is 0 Å². The molecule has 6 heteroatoms. The van der Waals surface area contributed by atoms with Gasteiger partial charge in [-0.25, -0.2) is 0 Å². The average Bonchev–Trinajstić information content (AvgIpc) is 2.53. The first kappa shape index (κ1) is 13.2. The first-order valence-electron chi connectivity index (χ1n) is 5.59. The molecule has 0 aliphatic carbocycles. The van der Waals surface area contributed by atoms with Crippen LogP contribution in [0.1, 0.15) is 16.8 Å². The maximum absolute atomic E-state index is 12.2. The summed E-state index contributed by atoms with van der Waals surface area (Å²) in [5, 5.41) is 3.50. The quantitative estimate of drug-likeness (QED) is 0.858. The van der Waals surface area contributed by atoms with Gasteiger partial charge in [0.25, 0.3) is 5.91 Å². The van der Waals surface area contributed by atoms with Crippen molar-refractivity contribution >= 4 is 35.0 Å². The minimum Gasteiger partial charge on any atom is -0.354 e. The van der Waals surface area contributed by atoms with E-state index in [-0.39, 0.29) is 18.4 Å². The van der Waals surface area contributed by atoms with Crippen LogP contribution in [0, 0.1) is 0 Å². The molecule has 0 atom stereocenters. The van der Waals surface area contributed by atoms with Gasteiger partial charge in [-0.15, -0.1) is 0 Å². The predicted octanol–water partition coefficient (Wildman–Crippen LogP) is 1.96. The number of hydrogen-bond acceptors (Lipinski definition) is 2. The molecule has 0 saturated carbocycles. The van der Waals surface area contributed by atoms with Crippen LogP contribution in [-0.2, 0) is 4.79 Å². The van der Waals surface area contributed by atoms with E-state index in [2.05, 4.69) is 5.32 Å². The third kappa shape index (κ3) is 2.94. The second-order valence-corrected chi connectivity index (χ2v) is 4.90. The zero-order valence-corrected chi connectivity index (χ0v) is 11.1. The molecule has 0 bridgehead atoms. The molecule has 96 valence electrons. The Balaban J connectivity index is 2.21. The molecule has 1 aliphatic heterocycles. The molecule has 0 unspecified atom stereocenters. The number of nitrogens with one attached hydrogen (secondary N) is 1. The molecule has 1 fully saturated rings. The number of halogens is 2. The Morgan fingerprint density at radius 3 is 2.83 bits per heavy atom. The van der Waals surface area contributed by atoms with E-state index in [0.29, 0.717) is 28.7 Å². The van der Waals surface area contributed by atoms with Gasteiger partial charge in [0.1, 0.15) is 0 Å². The van der Waals surface area contributed by atoms with Crippen molar-refractivity contribution in [3.8, 4) is 0 Å². The van der Waals surface area contributed by atoms with Crippen molar-refractivity contribution in [3.05, 3.63) is 33.8 Å². The van der Waals surface area contributed by atoms with Crippen LogP contribution in [0.3, 0.4) is 0 Å². The van der Waals surface area contributed by atoms with Gasteiger partial charge in [-0.2, -0.15) is 0 Å². The lowest BCUT2D eigenvalue weighted by Crippen LogP contribution is -2.37. The smallest absolute Gasteiger partial charge is 0.255 e. The standard InChI is InChI=1S/C12H12Cl2N2O2/c13-8-2-3-9(10(14)6-8)12(18)16-5-1-4-15-11(17)7-16/h2-3,6H,1,4-5,7H2,(H,15,17). The van der Waals surface area contributed by atoms with Gasteiger partial charge in [0.05, 0.1) is 17.1 Å². The van der Waals surface area contributed by atoms with Crippen molar-refractivity contribution < 1.29 is 9.59 Å². The zero-order chi connectivity index (χ0) is 13.1. The van der Waals surface area contributed by atoms with Crippen molar-refractivity contribution in [2.45, 2.75) is 6.42 Å². The lowest BCUT2D eigenvalue weighted by molar-refractivity contribution is -0.121. The summed E-state index contributed by atoms with van der Waals surface area (Å²) in [5.74, 6) is -0.389. The summed E-state index contributed by atoms with van der Waals surface area (Å²) in [7, 11) is 0. The molecule has 2 rings (SSSR count). The lowest BCUT2D eigenvalue weighted by Gasteiger charge is -2.19. The second kappa shape index (κ2) is 5.59. The summed E-state index contributed by atoms with van der Waals surface area (Å²) < 4.78 is 0. The van der Waals surface area contributed by atoms with Gasteiger partial charge in [-0.05, 0) is 24.6 Å². The van der Waals surface area contributed by atoms with E-state index in [0.717, 1.165) is 6.42 Å². The Bertz CT molecular complexity index is 491. The van der Waals surface area contributed by atoms with Gasteiger partial charge < -0.3 is 10.2 Å². The average molecular weight is 287 g/mol. The van der Waals surface area contributed by atoms with E-state index in [4.69, 9.17) is 23.2 Å². The molecule has 0 spiro atoms. The first-order valence-corrected chi connectivity index (χ1v) is 6.34. The van der Waals surface area contributed by atoms with Crippen LogP contribution in [0.5, 0.6) is 0 Å². The highest BCUT2D eigenvalue weighted by molar-refractivity contribution is 6.36. The fourth-order valence-electron chi connectivity index (χ4n) is 1.81. The van der Waals surface area contributed by atoms with Crippen LogP contribution in [0.2, 0.25) is 10.0 Å². The molecule has 0 aromatic heterocycles. The van der Waals surface area contributed by atoms with Crippen LogP contribution in [0.25, 0.3) is 0 Å². The number of hydrogen-bond donors (Lipinski definition) is 1. The molecule has 18 heavy (non-hydrogen) atoms. The summed E-state index contributed by atoms with van der Waals surface area (Å²) in [6.45, 7) is 1.20. The third-order valence-electron chi connectivity index (χ3n) is 2.71. The van der Waals surface area contributed by atoms with Crippen molar-refractivity contribution in [2.75, 3.05) is 19.6 Å². The first-order chi connectivity index (χ1) is 8.58. The molecule has 1 aromatic carbocycles. The molecule has 1 heterocycles. The fourth-order valence-corrected chi connectivity index (χ4v) is 2.30. The Kier molecular flexibility index (Phi) is 4.09. The van der Waals surface area contributed by atoms with Crippen LogP contribution in [0.15, 0.2) is 18.2 Å². The maximum Gasteiger partial charge on any atom is 0.255 e. The summed E-state index contributed by atoms with van der Waals surface area (Å²) in [6.07, 6.45) is 0.739. The van der Waals surface area contributed by atoms with Gasteiger partial charge >= 0.3 is 0 Å². The van der Waals surface area contributed by atoms with Crippen molar-refractivity contribution in [1.82, 2.24) is 10.2 Å². The van der Waals surface area contributed by atoms with Crippen molar-refractivity contribution in [2.24, 2.45) is 0 Å². The van der Waals surface area contributed by atoms with Crippen LogP contribution < -0.4 is 5.32 Å². The molecular formula is C12H12Cl2N2O2. The van der Waals surface area contributed by atoms with E-state index in [1.54, 1.807) is 12.1 Å². The Hall–Kier alpha value is -1.26. The molecule has 4 nitrogen and oxygen atoms in total. The van der Waals surface area contributed by atoms with Gasteiger partial charge in [-0.1, -0.05) is 23.2 Å². The summed E-state index contributed by atoms with van der Waals surface area (Å²) in [5.41, 5.74) is 0.371. The Morgan fingerprint density at radius 2 is 2.11 bits per heavy atom. The molecule has 1 aliphatic rings. The monoisotopic (exact) mass is 286 g/mol. The SMILES string of the molecule is O=C1CN(C(=O)c2ccc(Cl)cc2Cl)CCCN1. The number of nitrogens with zero attached hydrogens (tertiary/aromatic N) is 1. The van der Waals surface area contributed by atoms with Gasteiger partial charge in [0, 0.05) is 18.1 Å². The van der Waals surface area contributed by atoms with E-state index >= 15 is 0 Å². The van der Waals surface area contributed by atoms with E-state index in [9.17, 15) is 9.59 Å². The second-order valence-electron chi connectivity index (χ2n) is 4.05. The Labute approximate surface area is 115 Å². The summed E-state index contributed by atoms with van der Waals surface area (Å²) in [6, 6.07) is 4.71. The number of benzene rings is 1. The lowest BCUT2D eigenvalue weighted by atomic mass is 10.2. The molecule has 1 saturated heterocycles. The highest BCUT2D eigenvalue weighted by Crippen LogP contribution is 2.22. The summed E-state index contributed by atoms with van der Waals surface area (Å²) in [4.78, 5) is 25.2. The normalized spacial score (nSPS) is 16.1. The number of carbonyl (C=O) groups excluding carboxylic acids is 2. The number of carbonyl (C=O) groups is 2. The van der Waals surface area contributed by atoms with E-state index in [1.165, 1.54) is 11.0 Å². The van der Waals surface area contributed by atoms with Gasteiger partial charge in [-0.3, -0.25) is 9.59 Å². The number of amides is 2. The van der Waals surface area contributed by atoms with Gasteiger partial charge in [0.2, 0.25) is 5.91 Å². The third-order valence-corrected chi connectivity index (χ3v) is 3.26. The largest absolute Gasteiger partial charge is 0.354 e.